The van der Waals surface area contributed by atoms with E-state index in [0.717, 1.165) is 11.5 Å². The minimum absolute atomic E-state index is 0.938. The predicted octanol–water partition coefficient (Wildman–Crippen LogP) is 3.12. The van der Waals surface area contributed by atoms with Crippen molar-refractivity contribution in [2.75, 3.05) is 12.9 Å². The van der Waals surface area contributed by atoms with Gasteiger partial charge in [0.15, 0.2) is 0 Å². The van der Waals surface area contributed by atoms with Crippen molar-refractivity contribution in [1.29, 1.82) is 0 Å². The summed E-state index contributed by atoms with van der Waals surface area (Å²) in [6.45, 7) is 4.27. The summed E-state index contributed by atoms with van der Waals surface area (Å²) in [5, 5.41) is 0. The first-order chi connectivity index (χ1) is 5.77. The van der Waals surface area contributed by atoms with Crippen LogP contribution in [0.3, 0.4) is 0 Å². The lowest BCUT2D eigenvalue weighted by Gasteiger charge is -2.05. The summed E-state index contributed by atoms with van der Waals surface area (Å²) in [7, 11) is 1.70. The minimum atomic E-state index is 0.938. The molecule has 1 aromatic carbocycles. The van der Waals surface area contributed by atoms with Gasteiger partial charge >= 0.3 is 0 Å². The maximum absolute atomic E-state index is 5.12. The van der Waals surface area contributed by atoms with Crippen LogP contribution in [0.25, 0.3) is 0 Å². The van der Waals surface area contributed by atoms with E-state index in [9.17, 15) is 0 Å². The van der Waals surface area contributed by atoms with E-state index in [1.54, 1.807) is 7.11 Å². The summed E-state index contributed by atoms with van der Waals surface area (Å²) in [4.78, 5) is 1.35. The summed E-state index contributed by atoms with van der Waals surface area (Å²) in [6.07, 6.45) is 0. The molecule has 0 bridgehead atoms. The summed E-state index contributed by atoms with van der Waals surface area (Å²) in [6, 6.07) is 6.19. The van der Waals surface area contributed by atoms with Crippen LogP contribution in [0.4, 0.5) is 0 Å². The molecule has 0 N–H and O–H groups in total. The number of ether oxygens (including phenoxy) is 1. The fourth-order valence-electron chi connectivity index (χ4n) is 1.07. The maximum Gasteiger partial charge on any atom is 0.119 e. The highest BCUT2D eigenvalue weighted by Crippen LogP contribution is 2.25. The van der Waals surface area contributed by atoms with Gasteiger partial charge in [-0.1, -0.05) is 6.92 Å². The summed E-state index contributed by atoms with van der Waals surface area (Å²) in [5.41, 5.74) is 1.29. The lowest BCUT2D eigenvalue weighted by Crippen LogP contribution is -1.85. The van der Waals surface area contributed by atoms with Gasteiger partial charge in [0.2, 0.25) is 0 Å². The molecule has 0 atom stereocenters. The number of rotatable bonds is 3. The number of aryl methyl sites for hydroxylation is 1. The largest absolute Gasteiger partial charge is 0.497 e. The van der Waals surface area contributed by atoms with Crippen LogP contribution in [0.2, 0.25) is 0 Å². The molecule has 1 rings (SSSR count). The lowest BCUT2D eigenvalue weighted by molar-refractivity contribution is 0.414. The number of methoxy groups -OCH3 is 1. The molecule has 0 spiro atoms. The van der Waals surface area contributed by atoms with Gasteiger partial charge in [0, 0.05) is 4.90 Å². The molecule has 1 nitrogen and oxygen atoms in total. The van der Waals surface area contributed by atoms with Gasteiger partial charge in [0.25, 0.3) is 0 Å². The maximum atomic E-state index is 5.12. The summed E-state index contributed by atoms with van der Waals surface area (Å²) >= 11 is 1.87. The Morgan fingerprint density at radius 3 is 2.67 bits per heavy atom. The van der Waals surface area contributed by atoms with Crippen molar-refractivity contribution >= 4 is 11.8 Å². The fraction of sp³-hybridized carbons (Fsp3) is 0.400. The van der Waals surface area contributed by atoms with E-state index in [2.05, 4.69) is 26.0 Å². The lowest BCUT2D eigenvalue weighted by atomic mass is 10.2. The Morgan fingerprint density at radius 1 is 1.42 bits per heavy atom. The Labute approximate surface area is 78.1 Å². The summed E-state index contributed by atoms with van der Waals surface area (Å²) in [5.74, 6) is 2.06. The van der Waals surface area contributed by atoms with Crippen LogP contribution in [0.5, 0.6) is 5.75 Å². The molecule has 0 aliphatic carbocycles. The average Bonchev–Trinajstić information content (AvgIpc) is 2.09. The van der Waals surface area contributed by atoms with Crippen LogP contribution in [0.15, 0.2) is 23.1 Å². The molecule has 0 saturated heterocycles. The van der Waals surface area contributed by atoms with Crippen LogP contribution < -0.4 is 4.74 Å². The van der Waals surface area contributed by atoms with Crippen molar-refractivity contribution in [2.45, 2.75) is 18.7 Å². The summed E-state index contributed by atoms with van der Waals surface area (Å²) < 4.78 is 5.12. The Hall–Kier alpha value is -0.630. The molecule has 0 radical (unpaired) electrons. The van der Waals surface area contributed by atoms with E-state index < -0.39 is 0 Å². The van der Waals surface area contributed by atoms with Gasteiger partial charge in [-0.05, 0) is 36.4 Å². The van der Waals surface area contributed by atoms with Crippen LogP contribution in [-0.4, -0.2) is 12.9 Å². The SMILES string of the molecule is CCSc1ccc(OC)cc1C. The smallest absolute Gasteiger partial charge is 0.119 e. The van der Waals surface area contributed by atoms with E-state index in [0.29, 0.717) is 0 Å². The average molecular weight is 182 g/mol. The van der Waals surface area contributed by atoms with Crippen LogP contribution in [0, 0.1) is 6.92 Å². The van der Waals surface area contributed by atoms with Gasteiger partial charge in [0.05, 0.1) is 7.11 Å². The molecule has 0 saturated carbocycles. The first kappa shape index (κ1) is 9.46. The van der Waals surface area contributed by atoms with Crippen molar-refractivity contribution < 1.29 is 4.74 Å². The van der Waals surface area contributed by atoms with Crippen molar-refractivity contribution in [3.05, 3.63) is 23.8 Å². The quantitative estimate of drug-likeness (QED) is 0.664. The number of thioether (sulfide) groups is 1. The second kappa shape index (κ2) is 4.41. The zero-order chi connectivity index (χ0) is 8.97. The predicted molar refractivity (Wildman–Crippen MR) is 54.1 cm³/mol. The molecule has 0 aliphatic heterocycles. The Morgan fingerprint density at radius 2 is 2.17 bits per heavy atom. The van der Waals surface area contributed by atoms with E-state index in [-0.39, 0.29) is 0 Å². The second-order valence-corrected chi connectivity index (χ2v) is 3.87. The fourth-order valence-corrected chi connectivity index (χ4v) is 1.83. The minimum Gasteiger partial charge on any atom is -0.497 e. The molecular formula is C10H14OS. The van der Waals surface area contributed by atoms with E-state index in [1.165, 1.54) is 10.5 Å². The molecule has 1 aromatic rings. The normalized spacial score (nSPS) is 9.92. The highest BCUT2D eigenvalue weighted by molar-refractivity contribution is 7.99. The first-order valence-corrected chi connectivity index (χ1v) is 5.04. The van der Waals surface area contributed by atoms with Gasteiger partial charge in [-0.3, -0.25) is 0 Å². The van der Waals surface area contributed by atoms with E-state index in [4.69, 9.17) is 4.74 Å². The van der Waals surface area contributed by atoms with Gasteiger partial charge < -0.3 is 4.74 Å². The Bertz CT molecular complexity index is 258. The first-order valence-electron chi connectivity index (χ1n) is 4.05. The third-order valence-corrected chi connectivity index (χ3v) is 2.74. The molecule has 0 aliphatic rings. The highest BCUT2D eigenvalue weighted by atomic mass is 32.2. The number of hydrogen-bond acceptors (Lipinski definition) is 2. The molecule has 0 heterocycles. The molecule has 66 valence electrons. The third kappa shape index (κ3) is 2.18. The van der Waals surface area contributed by atoms with Crippen LogP contribution in [0.1, 0.15) is 12.5 Å². The van der Waals surface area contributed by atoms with Gasteiger partial charge in [-0.2, -0.15) is 0 Å². The Balaban J connectivity index is 2.87. The van der Waals surface area contributed by atoms with Crippen molar-refractivity contribution in [3.63, 3.8) is 0 Å². The molecule has 0 unspecified atom stereocenters. The molecule has 12 heavy (non-hydrogen) atoms. The molecular weight excluding hydrogens is 168 g/mol. The van der Waals surface area contributed by atoms with E-state index >= 15 is 0 Å². The van der Waals surface area contributed by atoms with Crippen LogP contribution in [-0.2, 0) is 0 Å². The molecule has 2 heteroatoms. The van der Waals surface area contributed by atoms with Gasteiger partial charge in [0.1, 0.15) is 5.75 Å². The zero-order valence-electron chi connectivity index (χ0n) is 7.76. The van der Waals surface area contributed by atoms with Crippen molar-refractivity contribution in [1.82, 2.24) is 0 Å². The van der Waals surface area contributed by atoms with Gasteiger partial charge in [-0.15, -0.1) is 11.8 Å². The van der Waals surface area contributed by atoms with Crippen LogP contribution >= 0.6 is 11.8 Å². The Kier molecular flexibility index (Phi) is 3.48. The molecule has 0 fully saturated rings. The highest BCUT2D eigenvalue weighted by Gasteiger charge is 1.98. The molecule has 0 amide bonds. The molecule has 0 aromatic heterocycles. The second-order valence-electron chi connectivity index (χ2n) is 2.56. The van der Waals surface area contributed by atoms with Crippen molar-refractivity contribution in [2.24, 2.45) is 0 Å². The number of benzene rings is 1. The third-order valence-electron chi connectivity index (χ3n) is 1.68. The van der Waals surface area contributed by atoms with Crippen molar-refractivity contribution in [3.8, 4) is 5.75 Å². The monoisotopic (exact) mass is 182 g/mol. The van der Waals surface area contributed by atoms with E-state index in [1.807, 2.05) is 17.8 Å². The van der Waals surface area contributed by atoms with Gasteiger partial charge in [-0.25, -0.2) is 0 Å². The topological polar surface area (TPSA) is 9.23 Å². The standard InChI is InChI=1S/C10H14OS/c1-4-12-10-6-5-9(11-3)7-8(10)2/h5-7H,4H2,1-3H3. The number of hydrogen-bond donors (Lipinski definition) is 0. The zero-order valence-corrected chi connectivity index (χ0v) is 8.57.